The molecule has 1 aliphatic heterocycles. The van der Waals surface area contributed by atoms with Gasteiger partial charge in [-0.15, -0.1) is 0 Å². The van der Waals surface area contributed by atoms with Crippen LogP contribution in [0, 0.1) is 0 Å². The summed E-state index contributed by atoms with van der Waals surface area (Å²) in [6.07, 6.45) is 1.78. The van der Waals surface area contributed by atoms with Gasteiger partial charge in [-0.3, -0.25) is 19.5 Å². The van der Waals surface area contributed by atoms with E-state index in [9.17, 15) is 14.4 Å². The molecule has 2 aromatic rings. The van der Waals surface area contributed by atoms with Crippen molar-refractivity contribution in [3.63, 3.8) is 0 Å². The molecule has 0 aliphatic carbocycles. The maximum Gasteiger partial charge on any atom is 0.318 e. The van der Waals surface area contributed by atoms with Gasteiger partial charge in [0.1, 0.15) is 0 Å². The molecule has 2 atom stereocenters. The van der Waals surface area contributed by atoms with Gasteiger partial charge in [0.15, 0.2) is 5.16 Å². The number of fused-ring (bicyclic) bond motifs is 1. The van der Waals surface area contributed by atoms with Crippen molar-refractivity contribution in [1.29, 1.82) is 0 Å². The lowest BCUT2D eigenvalue weighted by Gasteiger charge is -2.18. The first kappa shape index (κ1) is 18.4. The Morgan fingerprint density at radius 1 is 1.46 bits per heavy atom. The first-order valence-corrected chi connectivity index (χ1v) is 9.22. The number of nitrogens with one attached hydrogen (secondary N) is 1. The maximum absolute atomic E-state index is 12.9. The highest BCUT2D eigenvalue weighted by Crippen LogP contribution is 2.24. The van der Waals surface area contributed by atoms with Crippen LogP contribution in [-0.4, -0.2) is 39.5 Å². The van der Waals surface area contributed by atoms with Crippen LogP contribution >= 0.6 is 11.8 Å². The number of hydrogen-bond donors (Lipinski definition) is 2. The molecule has 8 nitrogen and oxygen atoms in total. The average Bonchev–Trinajstić information content (AvgIpc) is 3.11. The molecule has 0 saturated carbocycles. The number of benzene rings is 1. The Bertz CT molecular complexity index is 892. The molecule has 0 bridgehead atoms. The van der Waals surface area contributed by atoms with Crippen molar-refractivity contribution in [2.24, 2.45) is 5.73 Å². The Morgan fingerprint density at radius 3 is 2.92 bits per heavy atom. The molecule has 9 heteroatoms. The Labute approximate surface area is 154 Å². The fourth-order valence-electron chi connectivity index (χ4n) is 2.83. The summed E-state index contributed by atoms with van der Waals surface area (Å²) >= 11 is 1.11. The molecule has 1 fully saturated rings. The number of aromatic nitrogens is 2. The van der Waals surface area contributed by atoms with Crippen LogP contribution in [-0.2, 0) is 16.1 Å². The fourth-order valence-corrected chi connectivity index (χ4v) is 3.74. The minimum Gasteiger partial charge on any atom is -0.376 e. The summed E-state index contributed by atoms with van der Waals surface area (Å²) in [4.78, 5) is 40.4. The molecule has 0 unspecified atom stereocenters. The minimum atomic E-state index is -0.911. The van der Waals surface area contributed by atoms with E-state index in [1.54, 1.807) is 35.8 Å². The van der Waals surface area contributed by atoms with Crippen LogP contribution in [0.2, 0.25) is 0 Å². The van der Waals surface area contributed by atoms with Crippen molar-refractivity contribution in [3.8, 4) is 0 Å². The van der Waals surface area contributed by atoms with Crippen molar-refractivity contribution in [2.75, 3.05) is 6.61 Å². The number of thioether (sulfide) groups is 1. The highest BCUT2D eigenvalue weighted by Gasteiger charge is 2.23. The fraction of sp³-hybridized carbons (Fsp3) is 0.412. The summed E-state index contributed by atoms with van der Waals surface area (Å²) in [7, 11) is 0. The molecule has 0 spiro atoms. The average molecular weight is 376 g/mol. The van der Waals surface area contributed by atoms with Crippen LogP contribution in [0.5, 0.6) is 0 Å². The van der Waals surface area contributed by atoms with Gasteiger partial charge >= 0.3 is 6.03 Å². The molecule has 1 aromatic heterocycles. The quantitative estimate of drug-likeness (QED) is 0.599. The first-order chi connectivity index (χ1) is 12.5. The van der Waals surface area contributed by atoms with E-state index in [-0.39, 0.29) is 11.7 Å². The Hall–Kier alpha value is -2.39. The smallest absolute Gasteiger partial charge is 0.318 e. The third-order valence-electron chi connectivity index (χ3n) is 4.13. The lowest BCUT2D eigenvalue weighted by molar-refractivity contribution is -0.119. The molecule has 138 valence electrons. The van der Waals surface area contributed by atoms with Gasteiger partial charge in [-0.2, -0.15) is 0 Å². The molecular weight excluding hydrogens is 356 g/mol. The second-order valence-electron chi connectivity index (χ2n) is 6.08. The second-order valence-corrected chi connectivity index (χ2v) is 7.38. The number of para-hydroxylation sites is 1. The molecular formula is C17H20N4O4S. The predicted octanol–water partition coefficient (Wildman–Crippen LogP) is 1.25. The highest BCUT2D eigenvalue weighted by atomic mass is 32.2. The molecule has 1 saturated heterocycles. The predicted molar refractivity (Wildman–Crippen MR) is 98.0 cm³/mol. The van der Waals surface area contributed by atoms with Gasteiger partial charge < -0.3 is 10.5 Å². The zero-order chi connectivity index (χ0) is 18.7. The topological polar surface area (TPSA) is 116 Å². The third-order valence-corrected chi connectivity index (χ3v) is 5.22. The summed E-state index contributed by atoms with van der Waals surface area (Å²) in [5.74, 6) is -0.534. The first-order valence-electron chi connectivity index (χ1n) is 8.34. The molecule has 3 amide bonds. The Balaban J connectivity index is 1.97. The molecule has 2 heterocycles. The number of carbonyl (C=O) groups excluding carboxylic acids is 2. The van der Waals surface area contributed by atoms with E-state index in [0.29, 0.717) is 29.2 Å². The molecule has 1 aliphatic rings. The van der Waals surface area contributed by atoms with Crippen LogP contribution in [0.4, 0.5) is 4.79 Å². The van der Waals surface area contributed by atoms with Crippen LogP contribution in [0.25, 0.3) is 10.9 Å². The number of carbonyl (C=O) groups is 2. The van der Waals surface area contributed by atoms with E-state index in [2.05, 4.69) is 4.98 Å². The minimum absolute atomic E-state index is 0.0511. The summed E-state index contributed by atoms with van der Waals surface area (Å²) < 4.78 is 7.20. The standard InChI is InChI=1S/C17H20N4O4S/c1-10(14(22)20-16(18)24)26-17-19-13-7-3-2-6-12(13)15(23)21(17)9-11-5-4-8-25-11/h2-3,6-7,10-11H,4-5,8-9H2,1H3,(H3,18,20,22,24)/t10-,11-/m0/s1. The largest absolute Gasteiger partial charge is 0.376 e. The van der Waals surface area contributed by atoms with E-state index >= 15 is 0 Å². The van der Waals surface area contributed by atoms with Crippen molar-refractivity contribution in [2.45, 2.75) is 42.8 Å². The Kier molecular flexibility index (Phi) is 5.58. The van der Waals surface area contributed by atoms with Gasteiger partial charge in [0.05, 0.1) is 28.8 Å². The SMILES string of the molecule is C[C@H](Sc1nc2ccccc2c(=O)n1C[C@@H]1CCCO1)C(=O)NC(N)=O. The number of nitrogens with zero attached hydrogens (tertiary/aromatic N) is 2. The van der Waals surface area contributed by atoms with E-state index in [0.717, 1.165) is 24.6 Å². The van der Waals surface area contributed by atoms with Crippen LogP contribution in [0.1, 0.15) is 19.8 Å². The number of primary amides is 1. The van der Waals surface area contributed by atoms with Crippen molar-refractivity contribution >= 4 is 34.6 Å². The number of imide groups is 1. The van der Waals surface area contributed by atoms with E-state index < -0.39 is 17.2 Å². The van der Waals surface area contributed by atoms with Gasteiger partial charge in [0.25, 0.3) is 5.56 Å². The van der Waals surface area contributed by atoms with Crippen LogP contribution < -0.4 is 16.6 Å². The number of urea groups is 1. The summed E-state index contributed by atoms with van der Waals surface area (Å²) in [6.45, 7) is 2.68. The van der Waals surface area contributed by atoms with Crippen molar-refractivity contribution in [3.05, 3.63) is 34.6 Å². The van der Waals surface area contributed by atoms with E-state index in [4.69, 9.17) is 10.5 Å². The summed E-state index contributed by atoms with van der Waals surface area (Å²) in [5.41, 5.74) is 5.39. The molecule has 3 N–H and O–H groups in total. The summed E-state index contributed by atoms with van der Waals surface area (Å²) in [5, 5.41) is 2.33. The van der Waals surface area contributed by atoms with Crippen LogP contribution in [0.15, 0.2) is 34.2 Å². The molecule has 3 rings (SSSR count). The van der Waals surface area contributed by atoms with E-state index in [1.165, 1.54) is 0 Å². The molecule has 0 radical (unpaired) electrons. The van der Waals surface area contributed by atoms with Gasteiger partial charge in [0.2, 0.25) is 5.91 Å². The van der Waals surface area contributed by atoms with Gasteiger partial charge in [-0.25, -0.2) is 9.78 Å². The number of hydrogen-bond acceptors (Lipinski definition) is 6. The van der Waals surface area contributed by atoms with Gasteiger partial charge in [-0.1, -0.05) is 23.9 Å². The van der Waals surface area contributed by atoms with Gasteiger partial charge in [0, 0.05) is 6.61 Å². The molecule has 26 heavy (non-hydrogen) atoms. The lowest BCUT2D eigenvalue weighted by Crippen LogP contribution is -2.39. The summed E-state index contributed by atoms with van der Waals surface area (Å²) in [6, 6.07) is 6.17. The van der Waals surface area contributed by atoms with E-state index in [1.807, 2.05) is 5.32 Å². The maximum atomic E-state index is 12.9. The normalized spacial score (nSPS) is 18.0. The molecule has 1 aromatic carbocycles. The monoisotopic (exact) mass is 376 g/mol. The third kappa shape index (κ3) is 4.05. The number of ether oxygens (including phenoxy) is 1. The van der Waals surface area contributed by atoms with Crippen LogP contribution in [0.3, 0.4) is 0 Å². The Morgan fingerprint density at radius 2 is 2.23 bits per heavy atom. The number of rotatable bonds is 5. The van der Waals surface area contributed by atoms with Gasteiger partial charge in [-0.05, 0) is 31.9 Å². The van der Waals surface area contributed by atoms with Crippen molar-refractivity contribution < 1.29 is 14.3 Å². The number of nitrogens with two attached hydrogens (primary N) is 1. The second kappa shape index (κ2) is 7.88. The highest BCUT2D eigenvalue weighted by molar-refractivity contribution is 8.00. The number of amides is 3. The van der Waals surface area contributed by atoms with Crippen molar-refractivity contribution in [1.82, 2.24) is 14.9 Å². The zero-order valence-corrected chi connectivity index (χ0v) is 15.1. The zero-order valence-electron chi connectivity index (χ0n) is 14.3. The lowest BCUT2D eigenvalue weighted by atomic mass is 10.2.